The minimum absolute atomic E-state index is 0.617. The van der Waals surface area contributed by atoms with Crippen LogP contribution in [0, 0.1) is 5.92 Å². The quantitative estimate of drug-likeness (QED) is 0.748. The molecule has 1 aromatic heterocycles. The van der Waals surface area contributed by atoms with Crippen LogP contribution in [0.4, 0.5) is 0 Å². The zero-order valence-corrected chi connectivity index (χ0v) is 12.3. The smallest absolute Gasteiger partial charge is 0.129 e. The van der Waals surface area contributed by atoms with Gasteiger partial charge in [0, 0.05) is 25.3 Å². The molecule has 2 fully saturated rings. The van der Waals surface area contributed by atoms with Gasteiger partial charge in [0.25, 0.3) is 0 Å². The lowest BCUT2D eigenvalue weighted by Crippen LogP contribution is -2.32. The summed E-state index contributed by atoms with van der Waals surface area (Å²) in [4.78, 5) is 6.75. The molecule has 0 N–H and O–H groups in total. The zero-order chi connectivity index (χ0) is 13.1. The van der Waals surface area contributed by atoms with Gasteiger partial charge in [-0.25, -0.2) is 4.98 Å². The van der Waals surface area contributed by atoms with Gasteiger partial charge in [-0.1, -0.05) is 30.9 Å². The van der Waals surface area contributed by atoms with E-state index < -0.39 is 0 Å². The highest BCUT2D eigenvalue weighted by Crippen LogP contribution is 2.32. The lowest BCUT2D eigenvalue weighted by molar-refractivity contribution is 0.186. The molecule has 2 nitrogen and oxygen atoms in total. The van der Waals surface area contributed by atoms with Gasteiger partial charge in [-0.15, -0.1) is 0 Å². The minimum atomic E-state index is 0.617. The Balaban J connectivity index is 1.60. The molecule has 0 radical (unpaired) electrons. The number of hydrogen-bond acceptors (Lipinski definition) is 2. The van der Waals surface area contributed by atoms with Crippen LogP contribution in [0.3, 0.4) is 0 Å². The van der Waals surface area contributed by atoms with E-state index >= 15 is 0 Å². The average Bonchev–Trinajstić information content (AvgIpc) is 3.23. The lowest BCUT2D eigenvalue weighted by atomic mass is 9.89. The average molecular weight is 279 g/mol. The van der Waals surface area contributed by atoms with E-state index in [0.29, 0.717) is 5.15 Å². The molecule has 19 heavy (non-hydrogen) atoms. The summed E-state index contributed by atoms with van der Waals surface area (Å²) in [6.45, 7) is 2.33. The maximum Gasteiger partial charge on any atom is 0.129 e. The molecule has 3 heteroatoms. The lowest BCUT2D eigenvalue weighted by Gasteiger charge is -2.29. The molecule has 0 aliphatic heterocycles. The van der Waals surface area contributed by atoms with Gasteiger partial charge in [-0.05, 0) is 49.3 Å². The molecular weight excluding hydrogens is 256 g/mol. The van der Waals surface area contributed by atoms with E-state index in [9.17, 15) is 0 Å². The SMILES string of the molecule is Clc1cc(CN(CC2CCCCC2)C2CC2)ccn1. The predicted molar refractivity (Wildman–Crippen MR) is 79.3 cm³/mol. The Hall–Kier alpha value is -0.600. The van der Waals surface area contributed by atoms with E-state index in [-0.39, 0.29) is 0 Å². The first-order valence-electron chi connectivity index (χ1n) is 7.66. The van der Waals surface area contributed by atoms with Crippen molar-refractivity contribution in [2.24, 2.45) is 5.92 Å². The zero-order valence-electron chi connectivity index (χ0n) is 11.5. The van der Waals surface area contributed by atoms with Gasteiger partial charge in [0.2, 0.25) is 0 Å². The van der Waals surface area contributed by atoms with Crippen LogP contribution >= 0.6 is 11.6 Å². The van der Waals surface area contributed by atoms with Crippen molar-refractivity contribution in [1.29, 1.82) is 0 Å². The van der Waals surface area contributed by atoms with Crippen LogP contribution in [0.2, 0.25) is 5.15 Å². The van der Waals surface area contributed by atoms with Crippen molar-refractivity contribution < 1.29 is 0 Å². The molecule has 0 saturated heterocycles. The highest BCUT2D eigenvalue weighted by Gasteiger charge is 2.30. The van der Waals surface area contributed by atoms with Crippen LogP contribution in [0.15, 0.2) is 18.3 Å². The molecule has 0 unspecified atom stereocenters. The molecule has 1 heterocycles. The van der Waals surface area contributed by atoms with Gasteiger partial charge in [0.1, 0.15) is 5.15 Å². The molecular formula is C16H23ClN2. The normalized spacial score (nSPS) is 20.9. The summed E-state index contributed by atoms with van der Waals surface area (Å²) in [6, 6.07) is 4.94. The summed E-state index contributed by atoms with van der Waals surface area (Å²) < 4.78 is 0. The third-order valence-electron chi connectivity index (χ3n) is 4.46. The van der Waals surface area contributed by atoms with Crippen LogP contribution in [-0.4, -0.2) is 22.5 Å². The van der Waals surface area contributed by atoms with Crippen molar-refractivity contribution in [3.8, 4) is 0 Å². The molecule has 2 aliphatic carbocycles. The monoisotopic (exact) mass is 278 g/mol. The summed E-state index contributed by atoms with van der Waals surface area (Å²) in [6.07, 6.45) is 11.8. The predicted octanol–water partition coefficient (Wildman–Crippen LogP) is 4.28. The number of nitrogens with zero attached hydrogens (tertiary/aromatic N) is 2. The molecule has 0 amide bonds. The Bertz CT molecular complexity index is 411. The summed E-state index contributed by atoms with van der Waals surface area (Å²) in [5.41, 5.74) is 1.31. The molecule has 104 valence electrons. The molecule has 2 aliphatic rings. The third kappa shape index (κ3) is 3.93. The largest absolute Gasteiger partial charge is 0.296 e. The second-order valence-corrected chi connectivity index (χ2v) is 6.54. The highest BCUT2D eigenvalue weighted by atomic mass is 35.5. The molecule has 2 saturated carbocycles. The van der Waals surface area contributed by atoms with Crippen molar-refractivity contribution in [1.82, 2.24) is 9.88 Å². The van der Waals surface area contributed by atoms with Gasteiger partial charge in [-0.2, -0.15) is 0 Å². The minimum Gasteiger partial charge on any atom is -0.296 e. The molecule has 0 aromatic carbocycles. The van der Waals surface area contributed by atoms with Crippen molar-refractivity contribution in [3.05, 3.63) is 29.0 Å². The van der Waals surface area contributed by atoms with Crippen LogP contribution < -0.4 is 0 Å². The fraction of sp³-hybridized carbons (Fsp3) is 0.688. The van der Waals surface area contributed by atoms with Gasteiger partial charge in [-0.3, -0.25) is 4.90 Å². The summed E-state index contributed by atoms with van der Waals surface area (Å²) in [5, 5.41) is 0.617. The summed E-state index contributed by atoms with van der Waals surface area (Å²) >= 11 is 5.99. The Kier molecular flexibility index (Phi) is 4.39. The number of pyridine rings is 1. The van der Waals surface area contributed by atoms with Crippen LogP contribution in [0.25, 0.3) is 0 Å². The van der Waals surface area contributed by atoms with Gasteiger partial charge in [0.15, 0.2) is 0 Å². The second kappa shape index (κ2) is 6.23. The van der Waals surface area contributed by atoms with Gasteiger partial charge >= 0.3 is 0 Å². The van der Waals surface area contributed by atoms with Crippen LogP contribution in [0.5, 0.6) is 0 Å². The van der Waals surface area contributed by atoms with Crippen molar-refractivity contribution in [2.75, 3.05) is 6.54 Å². The van der Waals surface area contributed by atoms with Crippen LogP contribution in [0.1, 0.15) is 50.5 Å². The van der Waals surface area contributed by atoms with Gasteiger partial charge < -0.3 is 0 Å². The maximum atomic E-state index is 5.99. The van der Waals surface area contributed by atoms with Crippen molar-refractivity contribution >= 4 is 11.6 Å². The van der Waals surface area contributed by atoms with Crippen LogP contribution in [-0.2, 0) is 6.54 Å². The number of hydrogen-bond donors (Lipinski definition) is 0. The first kappa shape index (κ1) is 13.4. The fourth-order valence-electron chi connectivity index (χ4n) is 3.26. The first-order valence-corrected chi connectivity index (χ1v) is 8.03. The van der Waals surface area contributed by atoms with E-state index in [1.54, 1.807) is 0 Å². The summed E-state index contributed by atoms with van der Waals surface area (Å²) in [7, 11) is 0. The highest BCUT2D eigenvalue weighted by molar-refractivity contribution is 6.29. The standard InChI is InChI=1S/C16H23ClN2/c17-16-10-14(8-9-18-16)12-19(15-6-7-15)11-13-4-2-1-3-5-13/h8-10,13,15H,1-7,11-12H2. The van der Waals surface area contributed by atoms with E-state index in [1.165, 1.54) is 57.1 Å². The molecule has 0 atom stereocenters. The van der Waals surface area contributed by atoms with E-state index in [1.807, 2.05) is 12.3 Å². The van der Waals surface area contributed by atoms with E-state index in [2.05, 4.69) is 16.0 Å². The van der Waals surface area contributed by atoms with Crippen molar-refractivity contribution in [2.45, 2.75) is 57.5 Å². The number of aromatic nitrogens is 1. The number of halogens is 1. The Labute approximate surface area is 121 Å². The molecule has 0 bridgehead atoms. The maximum absolute atomic E-state index is 5.99. The second-order valence-electron chi connectivity index (χ2n) is 6.15. The summed E-state index contributed by atoms with van der Waals surface area (Å²) in [5.74, 6) is 0.923. The van der Waals surface area contributed by atoms with Crippen molar-refractivity contribution in [3.63, 3.8) is 0 Å². The molecule has 0 spiro atoms. The van der Waals surface area contributed by atoms with E-state index in [4.69, 9.17) is 11.6 Å². The Morgan fingerprint density at radius 2 is 1.95 bits per heavy atom. The Morgan fingerprint density at radius 1 is 1.16 bits per heavy atom. The topological polar surface area (TPSA) is 16.1 Å². The fourth-order valence-corrected chi connectivity index (χ4v) is 3.46. The molecule has 1 aromatic rings. The van der Waals surface area contributed by atoms with Gasteiger partial charge in [0.05, 0.1) is 0 Å². The van der Waals surface area contributed by atoms with E-state index in [0.717, 1.165) is 18.5 Å². The third-order valence-corrected chi connectivity index (χ3v) is 4.66. The molecule has 3 rings (SSSR count). The number of rotatable bonds is 5. The first-order chi connectivity index (χ1) is 9.31. The Morgan fingerprint density at radius 3 is 2.63 bits per heavy atom.